The van der Waals surface area contributed by atoms with Gasteiger partial charge in [-0.2, -0.15) is 0 Å². The van der Waals surface area contributed by atoms with Crippen LogP contribution in [0.5, 0.6) is 5.75 Å². The van der Waals surface area contributed by atoms with E-state index >= 15 is 0 Å². The van der Waals surface area contributed by atoms with Crippen LogP contribution < -0.4 is 5.32 Å². The normalized spacial score (nSPS) is 18.4. The van der Waals surface area contributed by atoms with E-state index in [2.05, 4.69) is 10.2 Å². The summed E-state index contributed by atoms with van der Waals surface area (Å²) in [6.45, 7) is 3.65. The van der Waals surface area contributed by atoms with E-state index in [1.165, 1.54) is 6.07 Å². The molecular formula is C14H21FN2O2. The van der Waals surface area contributed by atoms with Crippen molar-refractivity contribution in [3.8, 4) is 5.75 Å². The topological polar surface area (TPSA) is 55.7 Å². The highest BCUT2D eigenvalue weighted by Crippen LogP contribution is 2.29. The summed E-state index contributed by atoms with van der Waals surface area (Å²) in [5.41, 5.74) is 0.605. The van der Waals surface area contributed by atoms with E-state index < -0.39 is 0 Å². The van der Waals surface area contributed by atoms with Crippen LogP contribution in [0.25, 0.3) is 0 Å². The number of aromatic hydroxyl groups is 1. The predicted molar refractivity (Wildman–Crippen MR) is 71.6 cm³/mol. The third kappa shape index (κ3) is 3.65. The summed E-state index contributed by atoms with van der Waals surface area (Å²) in [5.74, 6) is -0.427. The van der Waals surface area contributed by atoms with Gasteiger partial charge in [-0.3, -0.25) is 4.90 Å². The number of phenols is 1. The van der Waals surface area contributed by atoms with Crippen molar-refractivity contribution in [2.24, 2.45) is 0 Å². The Morgan fingerprint density at radius 2 is 2.05 bits per heavy atom. The molecule has 1 fully saturated rings. The van der Waals surface area contributed by atoms with Crippen LogP contribution in [-0.4, -0.2) is 47.9 Å². The summed E-state index contributed by atoms with van der Waals surface area (Å²) in [5, 5.41) is 21.6. The van der Waals surface area contributed by atoms with E-state index in [4.69, 9.17) is 5.11 Å². The van der Waals surface area contributed by atoms with E-state index in [1.807, 2.05) is 0 Å². The lowest BCUT2D eigenvalue weighted by molar-refractivity contribution is 0.151. The first-order valence-electron chi connectivity index (χ1n) is 6.76. The summed E-state index contributed by atoms with van der Waals surface area (Å²) in [6.07, 6.45) is 1.37. The molecule has 0 spiro atoms. The molecule has 3 N–H and O–H groups in total. The Balaban J connectivity index is 2.19. The number of aliphatic hydroxyl groups excluding tert-OH is 1. The van der Waals surface area contributed by atoms with Gasteiger partial charge in [-0.25, -0.2) is 4.39 Å². The summed E-state index contributed by atoms with van der Waals surface area (Å²) in [6, 6.07) is 4.29. The third-order valence-electron chi connectivity index (χ3n) is 3.57. The van der Waals surface area contributed by atoms with Crippen molar-refractivity contribution in [1.29, 1.82) is 0 Å². The Bertz CT molecular complexity index is 408. The maximum absolute atomic E-state index is 14.0. The Hall–Kier alpha value is -1.17. The van der Waals surface area contributed by atoms with E-state index in [0.717, 1.165) is 38.7 Å². The Kier molecular flexibility index (Phi) is 5.13. The van der Waals surface area contributed by atoms with Crippen molar-refractivity contribution in [2.75, 3.05) is 32.8 Å². The molecule has 19 heavy (non-hydrogen) atoms. The molecule has 1 saturated heterocycles. The van der Waals surface area contributed by atoms with Crippen molar-refractivity contribution < 1.29 is 14.6 Å². The molecule has 0 saturated carbocycles. The molecule has 0 bridgehead atoms. The van der Waals surface area contributed by atoms with Gasteiger partial charge in [-0.05, 0) is 18.9 Å². The predicted octanol–water partition coefficient (Wildman–Crippen LogP) is 1.25. The van der Waals surface area contributed by atoms with Crippen LogP contribution >= 0.6 is 0 Å². The zero-order chi connectivity index (χ0) is 13.7. The molecule has 0 radical (unpaired) electrons. The third-order valence-corrected chi connectivity index (χ3v) is 3.57. The average Bonchev–Trinajstić information content (AvgIpc) is 2.42. The highest BCUT2D eigenvalue weighted by Gasteiger charge is 2.24. The number of rotatable bonds is 5. The molecule has 1 aliphatic rings. The van der Waals surface area contributed by atoms with Crippen molar-refractivity contribution in [3.05, 3.63) is 29.6 Å². The Labute approximate surface area is 112 Å². The van der Waals surface area contributed by atoms with Crippen LogP contribution in [0.3, 0.4) is 0 Å². The van der Waals surface area contributed by atoms with E-state index in [1.54, 1.807) is 6.07 Å². The zero-order valence-corrected chi connectivity index (χ0v) is 11.0. The first-order chi connectivity index (χ1) is 9.22. The average molecular weight is 268 g/mol. The van der Waals surface area contributed by atoms with Crippen molar-refractivity contribution in [1.82, 2.24) is 10.2 Å². The summed E-state index contributed by atoms with van der Waals surface area (Å²) in [4.78, 5) is 2.24. The number of nitrogens with one attached hydrogen (secondary N) is 1. The second-order valence-electron chi connectivity index (χ2n) is 4.87. The number of piperazine rings is 1. The minimum Gasteiger partial charge on any atom is -0.508 e. The maximum atomic E-state index is 14.0. The molecule has 0 unspecified atom stereocenters. The number of nitrogens with zero attached hydrogens (tertiary/aromatic N) is 1. The molecule has 0 aliphatic carbocycles. The smallest absolute Gasteiger partial charge is 0.131 e. The minimum atomic E-state index is -0.374. The van der Waals surface area contributed by atoms with E-state index in [-0.39, 0.29) is 24.2 Å². The lowest BCUT2D eigenvalue weighted by atomic mass is 9.99. The van der Waals surface area contributed by atoms with Gasteiger partial charge < -0.3 is 15.5 Å². The number of hydrogen-bond donors (Lipinski definition) is 3. The molecule has 5 heteroatoms. The fourth-order valence-corrected chi connectivity index (χ4v) is 2.60. The van der Waals surface area contributed by atoms with Gasteiger partial charge in [-0.1, -0.05) is 6.07 Å². The van der Waals surface area contributed by atoms with Gasteiger partial charge >= 0.3 is 0 Å². The molecule has 1 aromatic rings. The fraction of sp³-hybridized carbons (Fsp3) is 0.571. The Morgan fingerprint density at radius 1 is 1.32 bits per heavy atom. The summed E-state index contributed by atoms with van der Waals surface area (Å²) < 4.78 is 14.0. The zero-order valence-electron chi connectivity index (χ0n) is 11.0. The van der Waals surface area contributed by atoms with Gasteiger partial charge in [0.2, 0.25) is 0 Å². The van der Waals surface area contributed by atoms with Gasteiger partial charge in [0.15, 0.2) is 0 Å². The number of phenolic OH excluding ortho intramolecular Hbond substituents is 1. The minimum absolute atomic E-state index is 0.0325. The maximum Gasteiger partial charge on any atom is 0.131 e. The number of aliphatic hydroxyl groups is 1. The molecule has 106 valence electrons. The van der Waals surface area contributed by atoms with Crippen LogP contribution in [0.4, 0.5) is 4.39 Å². The Morgan fingerprint density at radius 3 is 2.68 bits per heavy atom. The molecule has 1 heterocycles. The fourth-order valence-electron chi connectivity index (χ4n) is 2.60. The van der Waals surface area contributed by atoms with Crippen LogP contribution in [0, 0.1) is 5.82 Å². The van der Waals surface area contributed by atoms with E-state index in [9.17, 15) is 9.50 Å². The first-order valence-corrected chi connectivity index (χ1v) is 6.76. The highest BCUT2D eigenvalue weighted by molar-refractivity contribution is 5.30. The van der Waals surface area contributed by atoms with Gasteiger partial charge in [0.1, 0.15) is 11.6 Å². The molecule has 0 aromatic heterocycles. The van der Waals surface area contributed by atoms with Crippen LogP contribution in [0.15, 0.2) is 18.2 Å². The SMILES string of the molecule is OCCC[C@@H](c1ccc(O)cc1F)N1CCNCC1. The number of halogens is 1. The van der Waals surface area contributed by atoms with Gasteiger partial charge in [0.05, 0.1) is 0 Å². The van der Waals surface area contributed by atoms with E-state index in [0.29, 0.717) is 12.0 Å². The molecule has 0 amide bonds. The number of benzene rings is 1. The van der Waals surface area contributed by atoms with Crippen LogP contribution in [0.1, 0.15) is 24.4 Å². The molecule has 4 nitrogen and oxygen atoms in total. The van der Waals surface area contributed by atoms with Crippen molar-refractivity contribution in [2.45, 2.75) is 18.9 Å². The largest absolute Gasteiger partial charge is 0.508 e. The van der Waals surface area contributed by atoms with Gasteiger partial charge in [0.25, 0.3) is 0 Å². The molecular weight excluding hydrogens is 247 g/mol. The quantitative estimate of drug-likeness (QED) is 0.752. The van der Waals surface area contributed by atoms with Gasteiger partial charge in [-0.15, -0.1) is 0 Å². The van der Waals surface area contributed by atoms with Gasteiger partial charge in [0, 0.05) is 50.5 Å². The van der Waals surface area contributed by atoms with Crippen LogP contribution in [-0.2, 0) is 0 Å². The summed E-state index contributed by atoms with van der Waals surface area (Å²) in [7, 11) is 0. The highest BCUT2D eigenvalue weighted by atomic mass is 19.1. The second-order valence-corrected chi connectivity index (χ2v) is 4.87. The standard InChI is InChI=1S/C14H21FN2O2/c15-13-10-11(19)3-4-12(13)14(2-1-9-18)17-7-5-16-6-8-17/h3-4,10,14,16,18-19H,1-2,5-9H2/t14-/m0/s1. The summed E-state index contributed by atoms with van der Waals surface area (Å²) >= 11 is 0. The molecule has 1 aromatic carbocycles. The number of hydrogen-bond acceptors (Lipinski definition) is 4. The lowest BCUT2D eigenvalue weighted by Gasteiger charge is -2.35. The first kappa shape index (κ1) is 14.2. The monoisotopic (exact) mass is 268 g/mol. The molecule has 2 rings (SSSR count). The molecule has 1 aliphatic heterocycles. The van der Waals surface area contributed by atoms with Crippen molar-refractivity contribution in [3.63, 3.8) is 0 Å². The van der Waals surface area contributed by atoms with Crippen molar-refractivity contribution >= 4 is 0 Å². The lowest BCUT2D eigenvalue weighted by Crippen LogP contribution is -2.45. The second kappa shape index (κ2) is 6.84. The molecule has 1 atom stereocenters. The van der Waals surface area contributed by atoms with Crippen LogP contribution in [0.2, 0.25) is 0 Å².